The van der Waals surface area contributed by atoms with Crippen LogP contribution in [0.3, 0.4) is 0 Å². The molecule has 0 aromatic carbocycles. The molecule has 0 fully saturated rings. The van der Waals surface area contributed by atoms with Crippen LogP contribution in [-0.2, 0) is 0 Å². The van der Waals surface area contributed by atoms with Crippen molar-refractivity contribution >= 4 is 11.9 Å². The Kier molecular flexibility index (Phi) is 6.01. The lowest BCUT2D eigenvalue weighted by Crippen LogP contribution is -2.24. The van der Waals surface area contributed by atoms with Gasteiger partial charge in [0.15, 0.2) is 0 Å². The Morgan fingerprint density at radius 3 is 2.41 bits per heavy atom. The van der Waals surface area contributed by atoms with Gasteiger partial charge in [-0.25, -0.2) is 0 Å². The third-order valence-electron chi connectivity index (χ3n) is 1.72. The number of nitrogens with zero attached hydrogens (tertiary/aromatic N) is 2. The molecular weight excluding hydrogens is 233 g/mol. The number of hydrazone groups is 1. The molecule has 0 aliphatic heterocycles. The van der Waals surface area contributed by atoms with Gasteiger partial charge >= 0.3 is 6.18 Å². The second kappa shape index (κ2) is 6.72. The van der Waals surface area contributed by atoms with E-state index in [1.54, 1.807) is 6.92 Å². The van der Waals surface area contributed by atoms with Gasteiger partial charge < -0.3 is 11.2 Å². The van der Waals surface area contributed by atoms with Crippen LogP contribution < -0.4 is 11.2 Å². The van der Waals surface area contributed by atoms with E-state index in [0.717, 1.165) is 6.08 Å². The lowest BCUT2D eigenvalue weighted by Gasteiger charge is -2.11. The lowest BCUT2D eigenvalue weighted by molar-refractivity contribution is -0.0929. The Hall–Kier alpha value is -1.79. The van der Waals surface area contributed by atoms with E-state index in [1.165, 1.54) is 13.3 Å². The van der Waals surface area contributed by atoms with E-state index in [-0.39, 0.29) is 11.3 Å². The van der Waals surface area contributed by atoms with E-state index >= 15 is 0 Å². The number of rotatable bonds is 5. The average Bonchev–Trinajstić information content (AvgIpc) is 2.25. The second-order valence-corrected chi connectivity index (χ2v) is 2.87. The standard InChI is InChI=1S/C10H15F3N4/c1-4-7(9(14)10(11,12)13)8(16-5-2)6-17-15-3/h4,6,15H,1,5,14H2,2-3H3/b9-7?,16-8?,17-6-. The van der Waals surface area contributed by atoms with Crippen molar-refractivity contribution in [2.45, 2.75) is 13.1 Å². The summed E-state index contributed by atoms with van der Waals surface area (Å²) in [6, 6.07) is 0. The van der Waals surface area contributed by atoms with Crippen molar-refractivity contribution in [2.75, 3.05) is 13.6 Å². The highest BCUT2D eigenvalue weighted by Gasteiger charge is 2.34. The fraction of sp³-hybridized carbons (Fsp3) is 0.400. The summed E-state index contributed by atoms with van der Waals surface area (Å²) < 4.78 is 37.4. The van der Waals surface area contributed by atoms with E-state index in [0.29, 0.717) is 6.54 Å². The molecule has 0 atom stereocenters. The molecule has 0 amide bonds. The average molecular weight is 248 g/mol. The Balaban J connectivity index is 5.55. The maximum Gasteiger partial charge on any atom is 0.431 e. The minimum atomic E-state index is -4.62. The van der Waals surface area contributed by atoms with Gasteiger partial charge in [0, 0.05) is 19.2 Å². The number of hydrogen-bond donors (Lipinski definition) is 2. The molecule has 0 aromatic heterocycles. The maximum atomic E-state index is 12.5. The van der Waals surface area contributed by atoms with Gasteiger partial charge in [0.1, 0.15) is 5.70 Å². The Morgan fingerprint density at radius 2 is 2.06 bits per heavy atom. The number of nitrogens with two attached hydrogens (primary N) is 1. The molecule has 0 heterocycles. The Labute approximate surface area is 97.8 Å². The quantitative estimate of drug-likeness (QED) is 0.441. The predicted octanol–water partition coefficient (Wildman–Crippen LogP) is 1.61. The number of alkyl halides is 3. The zero-order chi connectivity index (χ0) is 13.5. The largest absolute Gasteiger partial charge is 0.431 e. The van der Waals surface area contributed by atoms with Gasteiger partial charge in [0.05, 0.1) is 11.9 Å². The van der Waals surface area contributed by atoms with Crippen molar-refractivity contribution in [1.82, 2.24) is 5.43 Å². The summed E-state index contributed by atoms with van der Waals surface area (Å²) in [5.74, 6) is 0. The van der Waals surface area contributed by atoms with Gasteiger partial charge in [0.2, 0.25) is 0 Å². The number of hydrogen-bond acceptors (Lipinski definition) is 4. The first-order chi connectivity index (χ1) is 7.88. The van der Waals surface area contributed by atoms with E-state index < -0.39 is 11.9 Å². The third-order valence-corrected chi connectivity index (χ3v) is 1.72. The smallest absolute Gasteiger partial charge is 0.394 e. The van der Waals surface area contributed by atoms with Crippen LogP contribution in [0.4, 0.5) is 13.2 Å². The number of allylic oxidation sites excluding steroid dienone is 3. The summed E-state index contributed by atoms with van der Waals surface area (Å²) in [5, 5.41) is 3.61. The van der Waals surface area contributed by atoms with Crippen LogP contribution >= 0.6 is 0 Å². The molecule has 0 aliphatic rings. The highest BCUT2D eigenvalue weighted by atomic mass is 19.4. The monoisotopic (exact) mass is 248 g/mol. The molecule has 3 N–H and O–H groups in total. The maximum absolute atomic E-state index is 12.5. The zero-order valence-corrected chi connectivity index (χ0v) is 9.67. The summed E-state index contributed by atoms with van der Waals surface area (Å²) in [7, 11) is 1.52. The number of nitrogens with one attached hydrogen (secondary N) is 1. The van der Waals surface area contributed by atoms with Crippen LogP contribution in [0.5, 0.6) is 0 Å². The van der Waals surface area contributed by atoms with Gasteiger partial charge in [0.25, 0.3) is 0 Å². The first kappa shape index (κ1) is 15.2. The molecule has 96 valence electrons. The molecule has 0 spiro atoms. The predicted molar refractivity (Wildman–Crippen MR) is 63.0 cm³/mol. The van der Waals surface area contributed by atoms with Gasteiger partial charge in [-0.05, 0) is 6.92 Å². The van der Waals surface area contributed by atoms with Crippen molar-refractivity contribution < 1.29 is 13.2 Å². The second-order valence-electron chi connectivity index (χ2n) is 2.87. The molecule has 0 rings (SSSR count). The van der Waals surface area contributed by atoms with E-state index in [1.807, 2.05) is 0 Å². The van der Waals surface area contributed by atoms with Crippen LogP contribution in [0.15, 0.2) is 34.0 Å². The van der Waals surface area contributed by atoms with E-state index in [2.05, 4.69) is 22.1 Å². The fourth-order valence-corrected chi connectivity index (χ4v) is 0.997. The highest BCUT2D eigenvalue weighted by molar-refractivity contribution is 6.39. The molecule has 0 saturated heterocycles. The van der Waals surface area contributed by atoms with Gasteiger partial charge in [-0.1, -0.05) is 12.7 Å². The number of aliphatic imine (C=N–C) groups is 1. The zero-order valence-electron chi connectivity index (χ0n) is 9.67. The van der Waals surface area contributed by atoms with Crippen LogP contribution in [0.1, 0.15) is 6.92 Å². The lowest BCUT2D eigenvalue weighted by atomic mass is 10.1. The van der Waals surface area contributed by atoms with Crippen molar-refractivity contribution in [1.29, 1.82) is 0 Å². The van der Waals surface area contributed by atoms with Crippen LogP contribution in [-0.4, -0.2) is 31.7 Å². The minimum Gasteiger partial charge on any atom is -0.394 e. The number of halogens is 3. The molecule has 0 saturated carbocycles. The Morgan fingerprint density at radius 1 is 1.47 bits per heavy atom. The molecule has 0 unspecified atom stereocenters. The topological polar surface area (TPSA) is 62.8 Å². The molecule has 4 nitrogen and oxygen atoms in total. The first-order valence-corrected chi connectivity index (χ1v) is 4.82. The minimum absolute atomic E-state index is 0.0340. The summed E-state index contributed by atoms with van der Waals surface area (Å²) in [4.78, 5) is 3.89. The van der Waals surface area contributed by atoms with Crippen molar-refractivity contribution in [2.24, 2.45) is 15.8 Å². The molecule has 0 aliphatic carbocycles. The molecule has 0 aromatic rings. The Bertz CT molecular complexity index is 353. The summed E-state index contributed by atoms with van der Waals surface area (Å²) in [6.07, 6.45) is -2.44. The van der Waals surface area contributed by atoms with Gasteiger partial charge in [-0.15, -0.1) is 0 Å². The van der Waals surface area contributed by atoms with Crippen LogP contribution in [0.2, 0.25) is 0 Å². The molecule has 0 radical (unpaired) electrons. The molecule has 17 heavy (non-hydrogen) atoms. The van der Waals surface area contributed by atoms with Crippen LogP contribution in [0.25, 0.3) is 0 Å². The van der Waals surface area contributed by atoms with Crippen molar-refractivity contribution in [3.63, 3.8) is 0 Å². The summed E-state index contributed by atoms with van der Waals surface area (Å²) in [5.41, 5.74) is 5.97. The SMILES string of the molecule is C=CC(C(/C=N\NC)=NCC)=C(N)C(F)(F)F. The normalized spacial score (nSPS) is 14.8. The van der Waals surface area contributed by atoms with Crippen LogP contribution in [0, 0.1) is 0 Å². The third kappa shape index (κ3) is 4.71. The van der Waals surface area contributed by atoms with Gasteiger partial charge in [-0.3, -0.25) is 4.99 Å². The summed E-state index contributed by atoms with van der Waals surface area (Å²) in [6.45, 7) is 5.31. The van der Waals surface area contributed by atoms with E-state index in [9.17, 15) is 13.2 Å². The molecular formula is C10H15F3N4. The highest BCUT2D eigenvalue weighted by Crippen LogP contribution is 2.25. The molecule has 0 bridgehead atoms. The van der Waals surface area contributed by atoms with E-state index in [4.69, 9.17) is 5.73 Å². The van der Waals surface area contributed by atoms with Gasteiger partial charge in [-0.2, -0.15) is 18.3 Å². The summed E-state index contributed by atoms with van der Waals surface area (Å²) >= 11 is 0. The van der Waals surface area contributed by atoms with Crippen molar-refractivity contribution in [3.05, 3.63) is 23.9 Å². The molecule has 7 heteroatoms. The van der Waals surface area contributed by atoms with Crippen molar-refractivity contribution in [3.8, 4) is 0 Å². The first-order valence-electron chi connectivity index (χ1n) is 4.82. The fourth-order valence-electron chi connectivity index (χ4n) is 0.997.